The summed E-state index contributed by atoms with van der Waals surface area (Å²) in [5.74, 6) is 1.18. The molecule has 22 heavy (non-hydrogen) atoms. The van der Waals surface area contributed by atoms with Crippen molar-refractivity contribution in [1.29, 1.82) is 0 Å². The lowest BCUT2D eigenvalue weighted by Gasteiger charge is -2.44. The maximum absolute atomic E-state index is 12.2. The van der Waals surface area contributed by atoms with E-state index in [2.05, 4.69) is 40.5 Å². The molecular weight excluding hydrogens is 276 g/mol. The van der Waals surface area contributed by atoms with Crippen LogP contribution in [0.1, 0.15) is 37.2 Å². The lowest BCUT2D eigenvalue weighted by Crippen LogP contribution is -2.53. The zero-order valence-electron chi connectivity index (χ0n) is 13.0. The lowest BCUT2D eigenvalue weighted by molar-refractivity contribution is -0.0519. The van der Waals surface area contributed by atoms with Gasteiger partial charge in [0.25, 0.3) is 0 Å². The summed E-state index contributed by atoms with van der Waals surface area (Å²) < 4.78 is 5.27. The highest BCUT2D eigenvalue weighted by atomic mass is 16.5. The Kier molecular flexibility index (Phi) is 3.57. The Labute approximate surface area is 131 Å². The van der Waals surface area contributed by atoms with Crippen molar-refractivity contribution in [3.8, 4) is 0 Å². The van der Waals surface area contributed by atoms with Crippen molar-refractivity contribution in [2.75, 3.05) is 26.3 Å². The first kappa shape index (κ1) is 14.1. The number of carbonyl (C=O) groups excluding carboxylic acids is 1. The van der Waals surface area contributed by atoms with Crippen LogP contribution in [-0.4, -0.2) is 42.8 Å². The van der Waals surface area contributed by atoms with Crippen LogP contribution in [0.5, 0.6) is 0 Å². The molecule has 1 spiro atoms. The van der Waals surface area contributed by atoms with Crippen molar-refractivity contribution >= 4 is 6.03 Å². The maximum atomic E-state index is 12.2. The Morgan fingerprint density at radius 2 is 1.91 bits per heavy atom. The second-order valence-electron chi connectivity index (χ2n) is 7.08. The second-order valence-corrected chi connectivity index (χ2v) is 7.08. The first-order chi connectivity index (χ1) is 10.8. The minimum absolute atomic E-state index is 0.0535. The van der Waals surface area contributed by atoms with Gasteiger partial charge in [0.2, 0.25) is 0 Å². The molecule has 2 amide bonds. The summed E-state index contributed by atoms with van der Waals surface area (Å²) >= 11 is 0. The molecule has 0 atom stereocenters. The standard InChI is InChI=1S/C18H24N2O2/c21-17-19-13-18(20(17)10-14-11-22-12-14)8-6-16(7-9-18)15-4-2-1-3-5-15/h1-5,14,16H,6-13H2,(H,19,21). The number of hydrogen-bond acceptors (Lipinski definition) is 2. The number of benzene rings is 1. The molecule has 118 valence electrons. The highest BCUT2D eigenvalue weighted by Crippen LogP contribution is 2.43. The van der Waals surface area contributed by atoms with Crippen molar-refractivity contribution in [3.05, 3.63) is 35.9 Å². The fourth-order valence-electron chi connectivity index (χ4n) is 4.23. The van der Waals surface area contributed by atoms with Gasteiger partial charge in [-0.05, 0) is 37.2 Å². The number of hydrogen-bond donors (Lipinski definition) is 1. The third-order valence-corrected chi connectivity index (χ3v) is 5.72. The van der Waals surface area contributed by atoms with Crippen LogP contribution in [0.4, 0.5) is 4.79 Å². The van der Waals surface area contributed by atoms with Gasteiger partial charge in [0, 0.05) is 19.0 Å². The molecule has 2 saturated heterocycles. The van der Waals surface area contributed by atoms with Crippen molar-refractivity contribution in [2.45, 2.75) is 37.1 Å². The van der Waals surface area contributed by atoms with E-state index >= 15 is 0 Å². The van der Waals surface area contributed by atoms with Crippen molar-refractivity contribution in [2.24, 2.45) is 5.92 Å². The van der Waals surface area contributed by atoms with Gasteiger partial charge >= 0.3 is 6.03 Å². The smallest absolute Gasteiger partial charge is 0.318 e. The van der Waals surface area contributed by atoms with Crippen LogP contribution < -0.4 is 5.32 Å². The maximum Gasteiger partial charge on any atom is 0.318 e. The van der Waals surface area contributed by atoms with Crippen LogP contribution in [-0.2, 0) is 4.74 Å². The van der Waals surface area contributed by atoms with E-state index in [9.17, 15) is 4.79 Å². The molecule has 1 N–H and O–H groups in total. The number of ether oxygens (including phenoxy) is 1. The predicted octanol–water partition coefficient (Wildman–Crippen LogP) is 2.75. The van der Waals surface area contributed by atoms with Crippen LogP contribution in [0.2, 0.25) is 0 Å². The Morgan fingerprint density at radius 3 is 2.55 bits per heavy atom. The fourth-order valence-corrected chi connectivity index (χ4v) is 4.23. The summed E-state index contributed by atoms with van der Waals surface area (Å²) in [6.45, 7) is 3.31. The van der Waals surface area contributed by atoms with E-state index in [1.807, 2.05) is 0 Å². The number of rotatable bonds is 3. The number of nitrogens with one attached hydrogen (secondary N) is 1. The minimum atomic E-state index is 0.0535. The Bertz CT molecular complexity index is 533. The number of nitrogens with zero attached hydrogens (tertiary/aromatic N) is 1. The summed E-state index contributed by atoms with van der Waals surface area (Å²) in [5.41, 5.74) is 1.51. The third kappa shape index (κ3) is 2.39. The predicted molar refractivity (Wildman–Crippen MR) is 84.8 cm³/mol. The second kappa shape index (κ2) is 5.58. The van der Waals surface area contributed by atoms with Gasteiger partial charge in [0.05, 0.1) is 18.8 Å². The topological polar surface area (TPSA) is 41.6 Å². The van der Waals surface area contributed by atoms with Crippen LogP contribution in [0.25, 0.3) is 0 Å². The number of carbonyl (C=O) groups is 1. The van der Waals surface area contributed by atoms with E-state index in [-0.39, 0.29) is 11.6 Å². The van der Waals surface area contributed by atoms with Crippen LogP contribution >= 0.6 is 0 Å². The minimum Gasteiger partial charge on any atom is -0.381 e. The quantitative estimate of drug-likeness (QED) is 0.932. The normalized spacial score (nSPS) is 32.1. The molecule has 4 heteroatoms. The summed E-state index contributed by atoms with van der Waals surface area (Å²) in [6.07, 6.45) is 4.57. The van der Waals surface area contributed by atoms with Crippen LogP contribution in [0.15, 0.2) is 30.3 Å². The van der Waals surface area contributed by atoms with Gasteiger partial charge in [-0.25, -0.2) is 4.79 Å². The fraction of sp³-hybridized carbons (Fsp3) is 0.611. The molecule has 1 aromatic carbocycles. The molecule has 0 aromatic heterocycles. The van der Waals surface area contributed by atoms with E-state index in [4.69, 9.17) is 4.74 Å². The molecule has 3 aliphatic rings. The van der Waals surface area contributed by atoms with E-state index in [1.54, 1.807) is 0 Å². The van der Waals surface area contributed by atoms with Gasteiger partial charge in [-0.2, -0.15) is 0 Å². The Balaban J connectivity index is 1.45. The van der Waals surface area contributed by atoms with Gasteiger partial charge in [0.15, 0.2) is 0 Å². The molecule has 1 aliphatic carbocycles. The monoisotopic (exact) mass is 300 g/mol. The van der Waals surface area contributed by atoms with Crippen LogP contribution in [0.3, 0.4) is 0 Å². The third-order valence-electron chi connectivity index (χ3n) is 5.72. The van der Waals surface area contributed by atoms with Gasteiger partial charge in [0.1, 0.15) is 0 Å². The SMILES string of the molecule is O=C1NCC2(CCC(c3ccccc3)CC2)N1CC1COC1. The number of amides is 2. The molecule has 0 radical (unpaired) electrons. The molecule has 0 unspecified atom stereocenters. The average molecular weight is 300 g/mol. The highest BCUT2D eigenvalue weighted by molar-refractivity contribution is 5.78. The van der Waals surface area contributed by atoms with E-state index in [0.29, 0.717) is 11.8 Å². The van der Waals surface area contributed by atoms with E-state index in [0.717, 1.165) is 39.1 Å². The van der Waals surface area contributed by atoms with Gasteiger partial charge < -0.3 is 15.0 Å². The average Bonchev–Trinajstić information content (AvgIpc) is 2.81. The summed E-state index contributed by atoms with van der Waals surface area (Å²) in [6, 6.07) is 10.9. The van der Waals surface area contributed by atoms with E-state index in [1.165, 1.54) is 18.4 Å². The van der Waals surface area contributed by atoms with E-state index < -0.39 is 0 Å². The van der Waals surface area contributed by atoms with Crippen molar-refractivity contribution in [1.82, 2.24) is 10.2 Å². The van der Waals surface area contributed by atoms with Crippen molar-refractivity contribution < 1.29 is 9.53 Å². The molecule has 3 fully saturated rings. The molecule has 1 aromatic rings. The molecule has 4 rings (SSSR count). The molecule has 1 saturated carbocycles. The largest absolute Gasteiger partial charge is 0.381 e. The van der Waals surface area contributed by atoms with Crippen LogP contribution in [0, 0.1) is 5.92 Å². The summed E-state index contributed by atoms with van der Waals surface area (Å²) in [7, 11) is 0. The highest BCUT2D eigenvalue weighted by Gasteiger charge is 2.48. The Hall–Kier alpha value is -1.55. The van der Waals surface area contributed by atoms with Gasteiger partial charge in [-0.1, -0.05) is 30.3 Å². The summed E-state index contributed by atoms with van der Waals surface area (Å²) in [4.78, 5) is 14.4. The zero-order chi connectivity index (χ0) is 15.0. The first-order valence-corrected chi connectivity index (χ1v) is 8.45. The molecule has 2 aliphatic heterocycles. The van der Waals surface area contributed by atoms with Gasteiger partial charge in [-0.15, -0.1) is 0 Å². The first-order valence-electron chi connectivity index (χ1n) is 8.45. The zero-order valence-corrected chi connectivity index (χ0v) is 13.0. The van der Waals surface area contributed by atoms with Gasteiger partial charge in [-0.3, -0.25) is 0 Å². The molecule has 0 bridgehead atoms. The molecular formula is C18H24N2O2. The molecule has 4 nitrogen and oxygen atoms in total. The number of urea groups is 1. The molecule has 2 heterocycles. The Morgan fingerprint density at radius 1 is 1.18 bits per heavy atom. The van der Waals surface area contributed by atoms with Crippen molar-refractivity contribution in [3.63, 3.8) is 0 Å². The summed E-state index contributed by atoms with van der Waals surface area (Å²) in [5, 5.41) is 3.08. The lowest BCUT2D eigenvalue weighted by atomic mass is 9.73.